The van der Waals surface area contributed by atoms with Crippen LogP contribution in [0.3, 0.4) is 0 Å². The van der Waals surface area contributed by atoms with Crippen LogP contribution in [0.25, 0.3) is 0 Å². The summed E-state index contributed by atoms with van der Waals surface area (Å²) in [5.74, 6) is -0.816. The molecule has 1 aromatic rings. The zero-order valence-corrected chi connectivity index (χ0v) is 16.4. The number of alkyl halides is 2. The number of aliphatic hydroxyl groups excluding tert-OH is 2. The van der Waals surface area contributed by atoms with Crippen LogP contribution in [0.1, 0.15) is 43.6 Å². The molecule has 30 heavy (non-hydrogen) atoms. The van der Waals surface area contributed by atoms with Gasteiger partial charge in [-0.15, -0.1) is 0 Å². The van der Waals surface area contributed by atoms with Crippen molar-refractivity contribution in [3.8, 4) is 0 Å². The molecule has 1 aliphatic heterocycles. The minimum Gasteiger partial charge on any atom is -0.395 e. The van der Waals surface area contributed by atoms with Gasteiger partial charge in [0.05, 0.1) is 18.6 Å². The van der Waals surface area contributed by atoms with Crippen molar-refractivity contribution in [2.24, 2.45) is 9.98 Å². The van der Waals surface area contributed by atoms with Gasteiger partial charge in [-0.3, -0.25) is 9.53 Å². The van der Waals surface area contributed by atoms with Crippen molar-refractivity contribution in [1.82, 2.24) is 5.32 Å². The number of hydrogen-bond donors (Lipinski definition) is 4. The highest BCUT2D eigenvalue weighted by Crippen LogP contribution is 2.22. The number of nitrogens with zero attached hydrogens (tertiary/aromatic N) is 2. The highest BCUT2D eigenvalue weighted by Gasteiger charge is 2.25. The highest BCUT2D eigenvalue weighted by molar-refractivity contribution is 5.99. The average Bonchev–Trinajstić information content (AvgIpc) is 2.71. The van der Waals surface area contributed by atoms with Gasteiger partial charge in [-0.25, -0.2) is 9.98 Å². The number of guanidine groups is 1. The minimum atomic E-state index is -2.91. The number of hydrogen-bond acceptors (Lipinski definition) is 7. The van der Waals surface area contributed by atoms with E-state index in [0.717, 1.165) is 0 Å². The SMILES string of the molecule is O=C(NC1CCC(O)CC1)[C@@H](CO)c1ccc(NC2=NC(OC(F)F)CC=N2)cc1. The summed E-state index contributed by atoms with van der Waals surface area (Å²) in [5, 5.41) is 25.2. The van der Waals surface area contributed by atoms with Gasteiger partial charge < -0.3 is 20.8 Å². The van der Waals surface area contributed by atoms with Crippen LogP contribution in [0.5, 0.6) is 0 Å². The van der Waals surface area contributed by atoms with Crippen LogP contribution in [-0.4, -0.2) is 59.9 Å². The van der Waals surface area contributed by atoms with Crippen molar-refractivity contribution in [3.05, 3.63) is 29.8 Å². The molecule has 1 saturated carbocycles. The molecule has 1 fully saturated rings. The third kappa shape index (κ3) is 6.28. The molecule has 0 spiro atoms. The molecule has 10 heteroatoms. The fourth-order valence-corrected chi connectivity index (χ4v) is 3.51. The Morgan fingerprint density at radius 1 is 1.20 bits per heavy atom. The second kappa shape index (κ2) is 10.6. The Labute approximate surface area is 173 Å². The first kappa shape index (κ1) is 22.3. The van der Waals surface area contributed by atoms with Crippen molar-refractivity contribution in [3.63, 3.8) is 0 Å². The summed E-state index contributed by atoms with van der Waals surface area (Å²) in [6.07, 6.45) is 3.07. The molecule has 3 rings (SSSR count). The number of aliphatic imine (C=N–C) groups is 2. The van der Waals surface area contributed by atoms with Gasteiger partial charge >= 0.3 is 6.61 Å². The van der Waals surface area contributed by atoms with Crippen LogP contribution in [-0.2, 0) is 9.53 Å². The molecule has 0 saturated heterocycles. The lowest BCUT2D eigenvalue weighted by atomic mass is 9.92. The van der Waals surface area contributed by atoms with Crippen molar-refractivity contribution < 1.29 is 28.5 Å². The maximum absolute atomic E-state index is 12.6. The lowest BCUT2D eigenvalue weighted by molar-refractivity contribution is -0.158. The number of rotatable bonds is 7. The van der Waals surface area contributed by atoms with E-state index in [2.05, 4.69) is 25.4 Å². The van der Waals surface area contributed by atoms with E-state index >= 15 is 0 Å². The topological polar surface area (TPSA) is 116 Å². The maximum atomic E-state index is 12.6. The summed E-state index contributed by atoms with van der Waals surface area (Å²) in [4.78, 5) is 20.6. The van der Waals surface area contributed by atoms with E-state index < -0.39 is 18.8 Å². The minimum absolute atomic E-state index is 0.00136. The Hall–Kier alpha value is -2.43. The normalized spacial score (nSPS) is 25.0. The van der Waals surface area contributed by atoms with E-state index in [1.807, 2.05) is 0 Å². The van der Waals surface area contributed by atoms with E-state index in [-0.39, 0.29) is 37.0 Å². The first-order valence-corrected chi connectivity index (χ1v) is 9.95. The number of carbonyl (C=O) groups is 1. The number of benzene rings is 1. The second-order valence-corrected chi connectivity index (χ2v) is 7.35. The van der Waals surface area contributed by atoms with Gasteiger partial charge in [0.1, 0.15) is 0 Å². The third-order valence-corrected chi connectivity index (χ3v) is 5.16. The smallest absolute Gasteiger partial charge is 0.347 e. The van der Waals surface area contributed by atoms with Gasteiger partial charge in [0.25, 0.3) is 0 Å². The number of aliphatic hydroxyl groups is 2. The Bertz CT molecular complexity index is 765. The quantitative estimate of drug-likeness (QED) is 0.534. The fourth-order valence-electron chi connectivity index (χ4n) is 3.51. The van der Waals surface area contributed by atoms with Crippen LogP contribution in [0.2, 0.25) is 0 Å². The molecular formula is C20H26F2N4O4. The van der Waals surface area contributed by atoms with E-state index in [4.69, 9.17) is 0 Å². The van der Waals surface area contributed by atoms with Crippen molar-refractivity contribution in [2.75, 3.05) is 11.9 Å². The Morgan fingerprint density at radius 2 is 1.90 bits per heavy atom. The molecule has 164 valence electrons. The second-order valence-electron chi connectivity index (χ2n) is 7.35. The van der Waals surface area contributed by atoms with E-state index in [1.54, 1.807) is 24.3 Å². The monoisotopic (exact) mass is 424 g/mol. The number of amides is 1. The van der Waals surface area contributed by atoms with Gasteiger partial charge in [0, 0.05) is 24.4 Å². The van der Waals surface area contributed by atoms with Crippen LogP contribution >= 0.6 is 0 Å². The first-order valence-electron chi connectivity index (χ1n) is 9.95. The van der Waals surface area contributed by atoms with Crippen LogP contribution < -0.4 is 10.6 Å². The number of nitrogens with one attached hydrogen (secondary N) is 2. The summed E-state index contributed by atoms with van der Waals surface area (Å²) in [6.45, 7) is -3.25. The summed E-state index contributed by atoms with van der Waals surface area (Å²) < 4.78 is 29.1. The number of anilines is 1. The molecule has 1 aliphatic carbocycles. The summed E-state index contributed by atoms with van der Waals surface area (Å²) in [6, 6.07) is 6.79. The van der Waals surface area contributed by atoms with Gasteiger partial charge in [-0.1, -0.05) is 12.1 Å². The zero-order chi connectivity index (χ0) is 21.5. The van der Waals surface area contributed by atoms with Gasteiger partial charge in [-0.05, 0) is 43.4 Å². The third-order valence-electron chi connectivity index (χ3n) is 5.16. The molecule has 1 unspecified atom stereocenters. The molecule has 0 radical (unpaired) electrons. The Balaban J connectivity index is 1.58. The summed E-state index contributed by atoms with van der Waals surface area (Å²) in [5.41, 5.74) is 1.25. The van der Waals surface area contributed by atoms with Crippen molar-refractivity contribution >= 4 is 23.8 Å². The average molecular weight is 424 g/mol. The molecule has 1 amide bonds. The van der Waals surface area contributed by atoms with Gasteiger partial charge in [0.2, 0.25) is 11.9 Å². The summed E-state index contributed by atoms with van der Waals surface area (Å²) in [7, 11) is 0. The molecule has 4 N–H and O–H groups in total. The number of ether oxygens (including phenoxy) is 1. The van der Waals surface area contributed by atoms with Crippen LogP contribution in [0, 0.1) is 0 Å². The zero-order valence-electron chi connectivity index (χ0n) is 16.4. The van der Waals surface area contributed by atoms with Crippen LogP contribution in [0.15, 0.2) is 34.3 Å². The van der Waals surface area contributed by atoms with E-state index in [1.165, 1.54) is 6.21 Å². The first-order chi connectivity index (χ1) is 14.4. The highest BCUT2D eigenvalue weighted by atomic mass is 19.3. The Kier molecular flexibility index (Phi) is 7.83. The maximum Gasteiger partial charge on any atom is 0.347 e. The van der Waals surface area contributed by atoms with Crippen molar-refractivity contribution in [1.29, 1.82) is 0 Å². The largest absolute Gasteiger partial charge is 0.395 e. The van der Waals surface area contributed by atoms with Crippen LogP contribution in [0.4, 0.5) is 14.5 Å². The molecule has 2 aliphatic rings. The summed E-state index contributed by atoms with van der Waals surface area (Å²) >= 11 is 0. The Morgan fingerprint density at radius 3 is 2.53 bits per heavy atom. The molecule has 0 bridgehead atoms. The lowest BCUT2D eigenvalue weighted by Gasteiger charge is -2.27. The molecular weight excluding hydrogens is 398 g/mol. The molecule has 8 nitrogen and oxygen atoms in total. The molecule has 1 aromatic carbocycles. The molecule has 1 heterocycles. The van der Waals surface area contributed by atoms with Crippen molar-refractivity contribution in [2.45, 2.75) is 63.0 Å². The fraction of sp³-hybridized carbons (Fsp3) is 0.550. The van der Waals surface area contributed by atoms with Gasteiger partial charge in [0.15, 0.2) is 6.23 Å². The van der Waals surface area contributed by atoms with Gasteiger partial charge in [-0.2, -0.15) is 8.78 Å². The van der Waals surface area contributed by atoms with E-state index in [9.17, 15) is 23.8 Å². The number of halogens is 2. The van der Waals surface area contributed by atoms with E-state index in [0.29, 0.717) is 36.9 Å². The molecule has 0 aromatic heterocycles. The lowest BCUT2D eigenvalue weighted by Crippen LogP contribution is -2.41. The predicted octanol–water partition coefficient (Wildman–Crippen LogP) is 1.99. The number of carbonyl (C=O) groups excluding carboxylic acids is 1. The standard InChI is InChI=1S/C20H26F2N4O4/c21-19(22)30-17-9-10-23-20(26-17)25-14-3-1-12(2-4-14)16(11-27)18(29)24-13-5-7-15(28)8-6-13/h1-4,10,13,15-17,19,27-28H,5-9,11H2,(H,24,29)(H,25,26)/t13?,15?,16-,17?/m0/s1. The predicted molar refractivity (Wildman–Crippen MR) is 108 cm³/mol. The molecule has 2 atom stereocenters.